The van der Waals surface area contributed by atoms with Crippen LogP contribution in [0.15, 0.2) is 0 Å². The Kier molecular flexibility index (Phi) is 5.61. The molecule has 0 aliphatic carbocycles. The summed E-state index contributed by atoms with van der Waals surface area (Å²) in [6.07, 6.45) is 2.58. The molecular formula is C12H25. The lowest BCUT2D eigenvalue weighted by atomic mass is 9.74. The maximum atomic E-state index is 4.16. The van der Waals surface area contributed by atoms with Gasteiger partial charge in [-0.15, -0.1) is 0 Å². The third-order valence-corrected chi connectivity index (χ3v) is 3.08. The SMILES string of the molecule is [CH2]C(C)C(CC)C(CC)C(C)C. The molecule has 0 aromatic heterocycles. The normalized spacial score (nSPS) is 17.0. The van der Waals surface area contributed by atoms with Gasteiger partial charge in [-0.05, 0) is 23.7 Å². The van der Waals surface area contributed by atoms with E-state index in [0.717, 1.165) is 17.8 Å². The highest BCUT2D eigenvalue weighted by Gasteiger charge is 2.23. The zero-order valence-corrected chi connectivity index (χ0v) is 9.43. The molecule has 0 aromatic carbocycles. The van der Waals surface area contributed by atoms with Crippen LogP contribution in [0.2, 0.25) is 0 Å². The van der Waals surface area contributed by atoms with E-state index in [1.807, 2.05) is 0 Å². The van der Waals surface area contributed by atoms with E-state index in [1.54, 1.807) is 0 Å². The topological polar surface area (TPSA) is 0 Å². The van der Waals surface area contributed by atoms with E-state index in [9.17, 15) is 0 Å². The van der Waals surface area contributed by atoms with Gasteiger partial charge >= 0.3 is 0 Å². The van der Waals surface area contributed by atoms with Gasteiger partial charge in [0.05, 0.1) is 0 Å². The Balaban J connectivity index is 4.23. The Hall–Kier alpha value is 0. The van der Waals surface area contributed by atoms with Gasteiger partial charge in [0.25, 0.3) is 0 Å². The number of hydrogen-bond acceptors (Lipinski definition) is 0. The number of hydrogen-bond donors (Lipinski definition) is 0. The first-order chi connectivity index (χ1) is 5.54. The van der Waals surface area contributed by atoms with Crippen LogP contribution in [0, 0.1) is 30.6 Å². The lowest BCUT2D eigenvalue weighted by molar-refractivity contribution is 0.197. The van der Waals surface area contributed by atoms with E-state index in [2.05, 4.69) is 41.5 Å². The molecule has 0 saturated carbocycles. The summed E-state index contributed by atoms with van der Waals surface area (Å²) in [5.41, 5.74) is 0. The van der Waals surface area contributed by atoms with E-state index >= 15 is 0 Å². The van der Waals surface area contributed by atoms with E-state index in [1.165, 1.54) is 12.8 Å². The first kappa shape index (κ1) is 12.0. The van der Waals surface area contributed by atoms with Gasteiger partial charge in [-0.3, -0.25) is 0 Å². The fourth-order valence-corrected chi connectivity index (χ4v) is 2.40. The van der Waals surface area contributed by atoms with Gasteiger partial charge < -0.3 is 0 Å². The van der Waals surface area contributed by atoms with Crippen LogP contribution >= 0.6 is 0 Å². The van der Waals surface area contributed by atoms with Crippen LogP contribution in [0.4, 0.5) is 0 Å². The maximum absolute atomic E-state index is 4.16. The molecule has 12 heavy (non-hydrogen) atoms. The fourth-order valence-electron chi connectivity index (χ4n) is 2.40. The molecule has 0 bridgehead atoms. The quantitative estimate of drug-likeness (QED) is 0.579. The summed E-state index contributed by atoms with van der Waals surface area (Å²) < 4.78 is 0. The summed E-state index contributed by atoms with van der Waals surface area (Å²) in [7, 11) is 0. The molecule has 3 unspecified atom stereocenters. The van der Waals surface area contributed by atoms with Crippen molar-refractivity contribution >= 4 is 0 Å². The van der Waals surface area contributed by atoms with Crippen LogP contribution in [0.25, 0.3) is 0 Å². The van der Waals surface area contributed by atoms with E-state index < -0.39 is 0 Å². The molecule has 0 saturated heterocycles. The van der Waals surface area contributed by atoms with Crippen molar-refractivity contribution in [1.82, 2.24) is 0 Å². The van der Waals surface area contributed by atoms with Crippen LogP contribution in [0.3, 0.4) is 0 Å². The molecule has 1 radical (unpaired) electrons. The summed E-state index contributed by atoms with van der Waals surface area (Å²) in [6, 6.07) is 0. The van der Waals surface area contributed by atoms with Crippen molar-refractivity contribution in [3.05, 3.63) is 6.92 Å². The molecule has 0 aromatic rings. The molecule has 0 rings (SSSR count). The summed E-state index contributed by atoms with van der Waals surface area (Å²) in [5.74, 6) is 3.09. The molecule has 0 spiro atoms. The predicted molar refractivity (Wildman–Crippen MR) is 56.9 cm³/mol. The third-order valence-electron chi connectivity index (χ3n) is 3.08. The molecule has 0 amide bonds. The van der Waals surface area contributed by atoms with E-state index in [0.29, 0.717) is 5.92 Å². The molecule has 73 valence electrons. The molecule has 3 atom stereocenters. The zero-order chi connectivity index (χ0) is 9.72. The molecule has 0 aliphatic rings. The average molecular weight is 169 g/mol. The minimum Gasteiger partial charge on any atom is -0.0651 e. The van der Waals surface area contributed by atoms with Crippen molar-refractivity contribution in [3.63, 3.8) is 0 Å². The van der Waals surface area contributed by atoms with Gasteiger partial charge in [0.15, 0.2) is 0 Å². The standard InChI is InChI=1S/C12H25/c1-7-11(9(3)4)12(8-2)10(5)6/h9-12H,3,7-8H2,1-2,4-6H3. The Bertz CT molecular complexity index is 88.6. The predicted octanol–water partition coefficient (Wildman–Crippen LogP) is 4.16. The van der Waals surface area contributed by atoms with Gasteiger partial charge in [-0.25, -0.2) is 0 Å². The van der Waals surface area contributed by atoms with Gasteiger partial charge in [0.1, 0.15) is 0 Å². The van der Waals surface area contributed by atoms with Gasteiger partial charge in [-0.1, -0.05) is 54.4 Å². The highest BCUT2D eigenvalue weighted by atomic mass is 14.3. The second kappa shape index (κ2) is 5.61. The van der Waals surface area contributed by atoms with Gasteiger partial charge in [-0.2, -0.15) is 0 Å². The smallest absolute Gasteiger partial charge is 0.0360 e. The van der Waals surface area contributed by atoms with Crippen LogP contribution in [-0.4, -0.2) is 0 Å². The van der Waals surface area contributed by atoms with Crippen molar-refractivity contribution in [2.75, 3.05) is 0 Å². The zero-order valence-electron chi connectivity index (χ0n) is 9.43. The highest BCUT2D eigenvalue weighted by Crippen LogP contribution is 2.31. The second-order valence-corrected chi connectivity index (χ2v) is 4.37. The summed E-state index contributed by atoms with van der Waals surface area (Å²) in [4.78, 5) is 0. The van der Waals surface area contributed by atoms with Crippen molar-refractivity contribution in [2.24, 2.45) is 23.7 Å². The van der Waals surface area contributed by atoms with Crippen molar-refractivity contribution < 1.29 is 0 Å². The molecule has 0 fully saturated rings. The fraction of sp³-hybridized carbons (Fsp3) is 0.917. The Labute approximate surface area is 78.8 Å². The molecular weight excluding hydrogens is 144 g/mol. The van der Waals surface area contributed by atoms with E-state index in [4.69, 9.17) is 0 Å². The average Bonchev–Trinajstić information content (AvgIpc) is 1.98. The Morgan fingerprint density at radius 3 is 1.42 bits per heavy atom. The minimum absolute atomic E-state index is 0.599. The Morgan fingerprint density at radius 2 is 1.33 bits per heavy atom. The second-order valence-electron chi connectivity index (χ2n) is 4.37. The van der Waals surface area contributed by atoms with Crippen molar-refractivity contribution in [1.29, 1.82) is 0 Å². The largest absolute Gasteiger partial charge is 0.0651 e. The summed E-state index contributed by atoms with van der Waals surface area (Å²) in [6.45, 7) is 15.7. The van der Waals surface area contributed by atoms with Gasteiger partial charge in [0, 0.05) is 0 Å². The number of rotatable bonds is 5. The Morgan fingerprint density at radius 1 is 0.917 bits per heavy atom. The maximum Gasteiger partial charge on any atom is -0.0360 e. The van der Waals surface area contributed by atoms with Crippen LogP contribution in [0.5, 0.6) is 0 Å². The third kappa shape index (κ3) is 3.16. The summed E-state index contributed by atoms with van der Waals surface area (Å²) in [5, 5.41) is 0. The lowest BCUT2D eigenvalue weighted by Gasteiger charge is -2.31. The minimum atomic E-state index is 0.599. The van der Waals surface area contributed by atoms with Crippen LogP contribution in [0.1, 0.15) is 47.5 Å². The van der Waals surface area contributed by atoms with E-state index in [-0.39, 0.29) is 0 Å². The lowest BCUT2D eigenvalue weighted by Crippen LogP contribution is -2.23. The first-order valence-corrected chi connectivity index (χ1v) is 5.37. The molecule has 0 N–H and O–H groups in total. The van der Waals surface area contributed by atoms with Crippen LogP contribution < -0.4 is 0 Å². The molecule has 0 heterocycles. The molecule has 0 aliphatic heterocycles. The molecule has 0 nitrogen and oxygen atoms in total. The monoisotopic (exact) mass is 169 g/mol. The van der Waals surface area contributed by atoms with Crippen LogP contribution in [-0.2, 0) is 0 Å². The van der Waals surface area contributed by atoms with Crippen molar-refractivity contribution in [3.8, 4) is 0 Å². The van der Waals surface area contributed by atoms with Crippen molar-refractivity contribution in [2.45, 2.75) is 47.5 Å². The summed E-state index contributed by atoms with van der Waals surface area (Å²) >= 11 is 0. The molecule has 0 heteroatoms. The van der Waals surface area contributed by atoms with Gasteiger partial charge in [0.2, 0.25) is 0 Å². The first-order valence-electron chi connectivity index (χ1n) is 5.37. The highest BCUT2D eigenvalue weighted by molar-refractivity contribution is 4.76.